The first kappa shape index (κ1) is 16.4. The van der Waals surface area contributed by atoms with Crippen LogP contribution in [-0.2, 0) is 0 Å². The molecule has 0 radical (unpaired) electrons. The van der Waals surface area contributed by atoms with Crippen molar-refractivity contribution in [3.8, 4) is 5.75 Å². The molecule has 2 rings (SSSR count). The third kappa shape index (κ3) is 4.00. The van der Waals surface area contributed by atoms with Crippen molar-refractivity contribution in [3.63, 3.8) is 0 Å². The maximum absolute atomic E-state index is 6.34. The van der Waals surface area contributed by atoms with Gasteiger partial charge in [-0.3, -0.25) is 0 Å². The van der Waals surface area contributed by atoms with Gasteiger partial charge in [0.2, 0.25) is 0 Å². The third-order valence-corrected chi connectivity index (χ3v) is 4.98. The van der Waals surface area contributed by atoms with Crippen LogP contribution in [0.3, 0.4) is 0 Å². The van der Waals surface area contributed by atoms with Gasteiger partial charge in [0, 0.05) is 6.04 Å². The van der Waals surface area contributed by atoms with Gasteiger partial charge in [0.25, 0.3) is 0 Å². The van der Waals surface area contributed by atoms with Crippen molar-refractivity contribution in [1.82, 2.24) is 0 Å². The zero-order valence-electron chi connectivity index (χ0n) is 14.2. The summed E-state index contributed by atoms with van der Waals surface area (Å²) in [5, 5.41) is 0. The number of nitrogens with two attached hydrogens (primary N) is 1. The topological polar surface area (TPSA) is 35.2 Å². The maximum Gasteiger partial charge on any atom is 0.122 e. The van der Waals surface area contributed by atoms with Crippen LogP contribution in [-0.4, -0.2) is 12.1 Å². The molecule has 0 aliphatic heterocycles. The second-order valence-electron chi connectivity index (χ2n) is 7.32. The van der Waals surface area contributed by atoms with Crippen molar-refractivity contribution in [3.05, 3.63) is 29.3 Å². The molecule has 0 spiro atoms. The molecule has 1 saturated carbocycles. The first-order valence-corrected chi connectivity index (χ1v) is 8.41. The van der Waals surface area contributed by atoms with Gasteiger partial charge in [-0.2, -0.15) is 0 Å². The number of aryl methyl sites for hydroxylation is 1. The fourth-order valence-electron chi connectivity index (χ4n) is 3.19. The van der Waals surface area contributed by atoms with Crippen LogP contribution in [0.25, 0.3) is 0 Å². The molecule has 1 aliphatic rings. The summed E-state index contributed by atoms with van der Waals surface area (Å²) >= 11 is 0. The molecule has 3 atom stereocenters. The molecule has 0 bridgehead atoms. The van der Waals surface area contributed by atoms with E-state index in [0.29, 0.717) is 11.8 Å². The molecule has 1 fully saturated rings. The van der Waals surface area contributed by atoms with Gasteiger partial charge in [-0.25, -0.2) is 0 Å². The zero-order chi connectivity index (χ0) is 15.6. The predicted octanol–water partition coefficient (Wildman–Crippen LogP) is 4.65. The van der Waals surface area contributed by atoms with Crippen molar-refractivity contribution in [1.29, 1.82) is 0 Å². The SMILES string of the molecule is Cc1ccc(C(C)C)cc1OC1CC(C(C)C)CCC1N. The molecule has 1 aromatic rings. The van der Waals surface area contributed by atoms with Gasteiger partial charge >= 0.3 is 0 Å². The summed E-state index contributed by atoms with van der Waals surface area (Å²) in [6.45, 7) is 11.2. The Morgan fingerprint density at radius 1 is 1.14 bits per heavy atom. The van der Waals surface area contributed by atoms with E-state index in [2.05, 4.69) is 52.8 Å². The number of hydrogen-bond acceptors (Lipinski definition) is 2. The molecule has 21 heavy (non-hydrogen) atoms. The van der Waals surface area contributed by atoms with Crippen LogP contribution >= 0.6 is 0 Å². The van der Waals surface area contributed by atoms with E-state index in [4.69, 9.17) is 10.5 Å². The van der Waals surface area contributed by atoms with Crippen LogP contribution in [0, 0.1) is 18.8 Å². The maximum atomic E-state index is 6.34. The van der Waals surface area contributed by atoms with Gasteiger partial charge in [0.05, 0.1) is 0 Å². The molecule has 118 valence electrons. The molecule has 2 heteroatoms. The Morgan fingerprint density at radius 3 is 2.48 bits per heavy atom. The Balaban J connectivity index is 2.14. The van der Waals surface area contributed by atoms with Gasteiger partial charge in [0.1, 0.15) is 11.9 Å². The number of benzene rings is 1. The molecule has 0 heterocycles. The minimum absolute atomic E-state index is 0.160. The number of hydrogen-bond donors (Lipinski definition) is 1. The summed E-state index contributed by atoms with van der Waals surface area (Å²) in [6.07, 6.45) is 3.57. The van der Waals surface area contributed by atoms with Crippen molar-refractivity contribution in [2.45, 2.75) is 71.9 Å². The lowest BCUT2D eigenvalue weighted by Gasteiger charge is -2.36. The monoisotopic (exact) mass is 289 g/mol. The Hall–Kier alpha value is -1.02. The van der Waals surface area contributed by atoms with E-state index in [-0.39, 0.29) is 12.1 Å². The van der Waals surface area contributed by atoms with Crippen LogP contribution in [0.2, 0.25) is 0 Å². The highest BCUT2D eigenvalue weighted by molar-refractivity contribution is 5.38. The molecule has 2 nitrogen and oxygen atoms in total. The van der Waals surface area contributed by atoms with Crippen LogP contribution in [0.5, 0.6) is 5.75 Å². The van der Waals surface area contributed by atoms with Crippen LogP contribution in [0.1, 0.15) is 64.0 Å². The third-order valence-electron chi connectivity index (χ3n) is 4.98. The van der Waals surface area contributed by atoms with Crippen molar-refractivity contribution in [2.75, 3.05) is 0 Å². The highest BCUT2D eigenvalue weighted by Crippen LogP contribution is 2.33. The number of ether oxygens (including phenoxy) is 1. The van der Waals surface area contributed by atoms with E-state index in [1.54, 1.807) is 0 Å². The summed E-state index contributed by atoms with van der Waals surface area (Å²) in [6, 6.07) is 6.73. The smallest absolute Gasteiger partial charge is 0.122 e. The number of rotatable bonds is 4. The first-order valence-electron chi connectivity index (χ1n) is 8.41. The van der Waals surface area contributed by atoms with Crippen molar-refractivity contribution in [2.24, 2.45) is 17.6 Å². The lowest BCUT2D eigenvalue weighted by Crippen LogP contribution is -2.44. The van der Waals surface area contributed by atoms with Crippen LogP contribution in [0.4, 0.5) is 0 Å². The van der Waals surface area contributed by atoms with Gasteiger partial charge in [0.15, 0.2) is 0 Å². The average molecular weight is 289 g/mol. The standard InChI is InChI=1S/C19H31NO/c1-12(2)15-7-6-14(5)18(10-15)21-19-11-16(13(3)4)8-9-17(19)20/h6-7,10,12-13,16-17,19H,8-9,11,20H2,1-5H3. The van der Waals surface area contributed by atoms with E-state index in [0.717, 1.165) is 24.5 Å². The predicted molar refractivity (Wildman–Crippen MR) is 89.8 cm³/mol. The van der Waals surface area contributed by atoms with Gasteiger partial charge in [-0.05, 0) is 61.1 Å². The second kappa shape index (κ2) is 6.83. The van der Waals surface area contributed by atoms with Gasteiger partial charge < -0.3 is 10.5 Å². The molecule has 0 aromatic heterocycles. The quantitative estimate of drug-likeness (QED) is 0.875. The van der Waals surface area contributed by atoms with Gasteiger partial charge in [-0.15, -0.1) is 0 Å². The van der Waals surface area contributed by atoms with Crippen LogP contribution in [0.15, 0.2) is 18.2 Å². The Labute approximate surface area is 130 Å². The molecule has 0 amide bonds. The molecule has 1 aliphatic carbocycles. The zero-order valence-corrected chi connectivity index (χ0v) is 14.2. The van der Waals surface area contributed by atoms with Crippen LogP contribution < -0.4 is 10.5 Å². The largest absolute Gasteiger partial charge is 0.489 e. The highest BCUT2D eigenvalue weighted by Gasteiger charge is 2.31. The fraction of sp³-hybridized carbons (Fsp3) is 0.684. The van der Waals surface area contributed by atoms with Gasteiger partial charge in [-0.1, -0.05) is 39.8 Å². The van der Waals surface area contributed by atoms with E-state index in [9.17, 15) is 0 Å². The summed E-state index contributed by atoms with van der Waals surface area (Å²) in [5.74, 6) is 3.00. The minimum atomic E-state index is 0.160. The molecule has 2 N–H and O–H groups in total. The summed E-state index contributed by atoms with van der Waals surface area (Å²) < 4.78 is 6.34. The molecule has 3 unspecified atom stereocenters. The van der Waals surface area contributed by atoms with E-state index >= 15 is 0 Å². The molecule has 1 aromatic carbocycles. The molecule has 0 saturated heterocycles. The lowest BCUT2D eigenvalue weighted by atomic mass is 9.78. The Bertz CT molecular complexity index is 467. The Kier molecular flexibility index (Phi) is 5.32. The summed E-state index contributed by atoms with van der Waals surface area (Å²) in [5.41, 5.74) is 8.85. The van der Waals surface area contributed by atoms with Crippen molar-refractivity contribution >= 4 is 0 Å². The van der Waals surface area contributed by atoms with E-state index in [1.165, 1.54) is 17.5 Å². The second-order valence-corrected chi connectivity index (χ2v) is 7.32. The molecular formula is C19H31NO. The normalized spacial score (nSPS) is 26.4. The molecular weight excluding hydrogens is 258 g/mol. The Morgan fingerprint density at radius 2 is 1.86 bits per heavy atom. The summed E-state index contributed by atoms with van der Waals surface area (Å²) in [7, 11) is 0. The van der Waals surface area contributed by atoms with E-state index < -0.39 is 0 Å². The summed E-state index contributed by atoms with van der Waals surface area (Å²) in [4.78, 5) is 0. The lowest BCUT2D eigenvalue weighted by molar-refractivity contribution is 0.0861. The fourth-order valence-corrected chi connectivity index (χ4v) is 3.19. The average Bonchev–Trinajstić information content (AvgIpc) is 2.43. The van der Waals surface area contributed by atoms with E-state index in [1.807, 2.05) is 0 Å². The van der Waals surface area contributed by atoms with Crippen molar-refractivity contribution < 1.29 is 4.74 Å². The first-order chi connectivity index (χ1) is 9.88. The highest BCUT2D eigenvalue weighted by atomic mass is 16.5. The minimum Gasteiger partial charge on any atom is -0.489 e.